The predicted octanol–water partition coefficient (Wildman–Crippen LogP) is 2.87. The molecule has 1 aromatic heterocycles. The van der Waals surface area contributed by atoms with Gasteiger partial charge in [0.2, 0.25) is 0 Å². The molecule has 0 bridgehead atoms. The van der Waals surface area contributed by atoms with Crippen molar-refractivity contribution in [2.45, 2.75) is 27.3 Å². The molecule has 1 aromatic carbocycles. The first-order valence-corrected chi connectivity index (χ1v) is 6.38. The Kier molecular flexibility index (Phi) is 3.74. The first-order valence-electron chi connectivity index (χ1n) is 6.38. The Morgan fingerprint density at radius 1 is 1.35 bits per heavy atom. The van der Waals surface area contributed by atoms with Gasteiger partial charge in [-0.25, -0.2) is 0 Å². The van der Waals surface area contributed by atoms with Crippen LogP contribution in [0.1, 0.15) is 22.5 Å². The summed E-state index contributed by atoms with van der Waals surface area (Å²) in [6.45, 7) is 6.29. The predicted molar refractivity (Wildman–Crippen MR) is 77.8 cm³/mol. The van der Waals surface area contributed by atoms with Crippen LogP contribution in [0.5, 0.6) is 0 Å². The van der Waals surface area contributed by atoms with E-state index < -0.39 is 0 Å². The van der Waals surface area contributed by atoms with E-state index in [1.54, 1.807) is 12.1 Å². The van der Waals surface area contributed by atoms with Gasteiger partial charge in [-0.2, -0.15) is 5.10 Å². The topological polar surface area (TPSA) is 73.0 Å². The highest BCUT2D eigenvalue weighted by atomic mass is 16.6. The summed E-state index contributed by atoms with van der Waals surface area (Å²) in [5, 5.41) is 18.5. The molecule has 6 heteroatoms. The Bertz CT molecular complexity index is 661. The molecule has 0 aliphatic carbocycles. The van der Waals surface area contributed by atoms with Gasteiger partial charge in [0.1, 0.15) is 5.69 Å². The lowest BCUT2D eigenvalue weighted by Crippen LogP contribution is -2.05. The van der Waals surface area contributed by atoms with Crippen LogP contribution in [0.3, 0.4) is 0 Å². The normalized spacial score (nSPS) is 10.6. The summed E-state index contributed by atoms with van der Waals surface area (Å²) < 4.78 is 1.82. The van der Waals surface area contributed by atoms with Gasteiger partial charge in [0.15, 0.2) is 0 Å². The highest BCUT2D eigenvalue weighted by molar-refractivity contribution is 5.62. The minimum absolute atomic E-state index is 0.101. The van der Waals surface area contributed by atoms with Crippen molar-refractivity contribution in [3.63, 3.8) is 0 Å². The molecule has 0 saturated carbocycles. The van der Waals surface area contributed by atoms with Crippen molar-refractivity contribution in [3.8, 4) is 0 Å². The maximum Gasteiger partial charge on any atom is 0.292 e. The second-order valence-electron chi connectivity index (χ2n) is 4.90. The van der Waals surface area contributed by atoms with Crippen LogP contribution in [0.2, 0.25) is 0 Å². The van der Waals surface area contributed by atoms with Crippen molar-refractivity contribution in [2.75, 3.05) is 5.32 Å². The molecular weight excluding hydrogens is 256 g/mol. The number of nitro groups is 1. The van der Waals surface area contributed by atoms with Gasteiger partial charge in [0, 0.05) is 30.9 Å². The highest BCUT2D eigenvalue weighted by Crippen LogP contribution is 2.26. The number of nitrogens with zero attached hydrogens (tertiary/aromatic N) is 3. The number of aromatic nitrogens is 2. The summed E-state index contributed by atoms with van der Waals surface area (Å²) in [6.07, 6.45) is 0. The van der Waals surface area contributed by atoms with Crippen LogP contribution in [0.15, 0.2) is 18.2 Å². The molecule has 6 nitrogen and oxygen atoms in total. The van der Waals surface area contributed by atoms with Crippen LogP contribution in [0.25, 0.3) is 0 Å². The standard InChI is InChI=1S/C14H18N4O2/c1-9-5-6-13(14(7-9)18(19)20)15-8-12-10(2)16-17(4)11(12)3/h5-7,15H,8H2,1-4H3. The van der Waals surface area contributed by atoms with Crippen molar-refractivity contribution in [2.24, 2.45) is 7.05 Å². The first-order chi connectivity index (χ1) is 9.40. The van der Waals surface area contributed by atoms with Crippen LogP contribution < -0.4 is 5.32 Å². The lowest BCUT2D eigenvalue weighted by molar-refractivity contribution is -0.384. The van der Waals surface area contributed by atoms with E-state index in [9.17, 15) is 10.1 Å². The van der Waals surface area contributed by atoms with Gasteiger partial charge in [-0.15, -0.1) is 0 Å². The number of nitro benzene ring substituents is 1. The van der Waals surface area contributed by atoms with Crippen LogP contribution in [-0.4, -0.2) is 14.7 Å². The van der Waals surface area contributed by atoms with E-state index in [1.807, 2.05) is 38.6 Å². The number of hydrogen-bond acceptors (Lipinski definition) is 4. The molecule has 0 spiro atoms. The monoisotopic (exact) mass is 274 g/mol. The maximum atomic E-state index is 11.1. The third kappa shape index (κ3) is 2.64. The van der Waals surface area contributed by atoms with E-state index in [0.717, 1.165) is 22.5 Å². The largest absolute Gasteiger partial charge is 0.375 e. The number of anilines is 1. The van der Waals surface area contributed by atoms with Gasteiger partial charge in [0.25, 0.3) is 5.69 Å². The molecule has 2 rings (SSSR count). The molecule has 20 heavy (non-hydrogen) atoms. The maximum absolute atomic E-state index is 11.1. The summed E-state index contributed by atoms with van der Waals surface area (Å²) in [6, 6.07) is 5.18. The lowest BCUT2D eigenvalue weighted by Gasteiger charge is -2.08. The average Bonchev–Trinajstić information content (AvgIpc) is 2.62. The molecule has 2 aromatic rings. The molecule has 0 saturated heterocycles. The van der Waals surface area contributed by atoms with Crippen LogP contribution >= 0.6 is 0 Å². The van der Waals surface area contributed by atoms with Gasteiger partial charge in [-0.05, 0) is 32.4 Å². The zero-order chi connectivity index (χ0) is 14.9. The van der Waals surface area contributed by atoms with Crippen molar-refractivity contribution in [1.29, 1.82) is 0 Å². The number of benzene rings is 1. The molecule has 106 valence electrons. The van der Waals surface area contributed by atoms with Gasteiger partial charge in [0.05, 0.1) is 10.6 Å². The SMILES string of the molecule is Cc1ccc(NCc2c(C)nn(C)c2C)c([N+](=O)[O-])c1. The second-order valence-corrected chi connectivity index (χ2v) is 4.90. The molecule has 0 aliphatic heterocycles. The third-order valence-corrected chi connectivity index (χ3v) is 3.46. The molecule has 0 unspecified atom stereocenters. The Balaban J connectivity index is 2.25. The quantitative estimate of drug-likeness (QED) is 0.687. The van der Waals surface area contributed by atoms with E-state index in [0.29, 0.717) is 12.2 Å². The van der Waals surface area contributed by atoms with E-state index >= 15 is 0 Å². The second kappa shape index (κ2) is 5.32. The fraction of sp³-hybridized carbons (Fsp3) is 0.357. The van der Waals surface area contributed by atoms with Crippen molar-refractivity contribution >= 4 is 11.4 Å². The number of hydrogen-bond donors (Lipinski definition) is 1. The van der Waals surface area contributed by atoms with Gasteiger partial charge >= 0.3 is 0 Å². The zero-order valence-electron chi connectivity index (χ0n) is 12.1. The Morgan fingerprint density at radius 3 is 2.60 bits per heavy atom. The Morgan fingerprint density at radius 2 is 2.05 bits per heavy atom. The fourth-order valence-corrected chi connectivity index (χ4v) is 2.20. The molecule has 0 radical (unpaired) electrons. The van der Waals surface area contributed by atoms with E-state index in [-0.39, 0.29) is 10.6 Å². The van der Waals surface area contributed by atoms with E-state index in [2.05, 4.69) is 10.4 Å². The van der Waals surface area contributed by atoms with Crippen LogP contribution in [-0.2, 0) is 13.6 Å². The third-order valence-electron chi connectivity index (χ3n) is 3.46. The molecule has 1 N–H and O–H groups in total. The fourth-order valence-electron chi connectivity index (χ4n) is 2.20. The van der Waals surface area contributed by atoms with E-state index in [1.165, 1.54) is 0 Å². The van der Waals surface area contributed by atoms with Crippen molar-refractivity contribution in [1.82, 2.24) is 9.78 Å². The van der Waals surface area contributed by atoms with Gasteiger partial charge in [-0.3, -0.25) is 14.8 Å². The van der Waals surface area contributed by atoms with Gasteiger partial charge < -0.3 is 5.32 Å². The van der Waals surface area contributed by atoms with Crippen molar-refractivity contribution < 1.29 is 4.92 Å². The minimum atomic E-state index is -0.363. The van der Waals surface area contributed by atoms with Crippen LogP contribution in [0.4, 0.5) is 11.4 Å². The number of rotatable bonds is 4. The summed E-state index contributed by atoms with van der Waals surface area (Å²) in [5.41, 5.74) is 4.57. The van der Waals surface area contributed by atoms with E-state index in [4.69, 9.17) is 0 Å². The molecule has 0 amide bonds. The summed E-state index contributed by atoms with van der Waals surface area (Å²) in [7, 11) is 1.89. The molecule has 0 atom stereocenters. The Labute approximate surface area is 117 Å². The van der Waals surface area contributed by atoms with Crippen LogP contribution in [0, 0.1) is 30.9 Å². The molecule has 0 fully saturated rings. The highest BCUT2D eigenvalue weighted by Gasteiger charge is 2.15. The van der Waals surface area contributed by atoms with Crippen molar-refractivity contribution in [3.05, 3.63) is 50.8 Å². The molecule has 0 aliphatic rings. The number of nitrogens with one attached hydrogen (secondary N) is 1. The minimum Gasteiger partial charge on any atom is -0.375 e. The summed E-state index contributed by atoms with van der Waals surface area (Å²) in [4.78, 5) is 10.7. The zero-order valence-corrected chi connectivity index (χ0v) is 12.1. The Hall–Kier alpha value is -2.37. The summed E-state index contributed by atoms with van der Waals surface area (Å²) in [5.74, 6) is 0. The lowest BCUT2D eigenvalue weighted by atomic mass is 10.1. The van der Waals surface area contributed by atoms with Gasteiger partial charge in [-0.1, -0.05) is 6.07 Å². The average molecular weight is 274 g/mol. The molecular formula is C14H18N4O2. The summed E-state index contributed by atoms with van der Waals surface area (Å²) >= 11 is 0. The first kappa shape index (κ1) is 14.0. The number of aryl methyl sites for hydroxylation is 3. The molecule has 1 heterocycles. The smallest absolute Gasteiger partial charge is 0.292 e.